The van der Waals surface area contributed by atoms with Gasteiger partial charge < -0.3 is 15.0 Å². The summed E-state index contributed by atoms with van der Waals surface area (Å²) in [6.45, 7) is 10.5. The monoisotopic (exact) mass is 419 g/mol. The zero-order valence-electron chi connectivity index (χ0n) is 17.1. The van der Waals surface area contributed by atoms with Gasteiger partial charge in [0, 0.05) is 35.6 Å². The summed E-state index contributed by atoms with van der Waals surface area (Å²) in [5.74, 6) is -0.388. The summed E-state index contributed by atoms with van der Waals surface area (Å²) >= 11 is 0. The molecule has 2 aromatic carbocycles. The van der Waals surface area contributed by atoms with Crippen LogP contribution in [-0.2, 0) is 0 Å². The van der Waals surface area contributed by atoms with Gasteiger partial charge in [-0.2, -0.15) is 0 Å². The highest BCUT2D eigenvalue weighted by molar-refractivity contribution is 6.06. The Morgan fingerprint density at radius 1 is 1.17 bits per heavy atom. The molecule has 0 aliphatic rings. The van der Waals surface area contributed by atoms with Crippen LogP contribution in [0.3, 0.4) is 0 Å². The van der Waals surface area contributed by atoms with E-state index in [9.17, 15) is 18.0 Å². The average Bonchev–Trinajstić information content (AvgIpc) is 2.69. The number of amides is 1. The number of carbonyl (C=O) groups is 1. The number of carbonyl (C=O) groups excluding carboxylic acids is 1. The normalized spacial score (nSPS) is 11.7. The molecule has 0 radical (unpaired) electrons. The minimum absolute atomic E-state index is 0.0755. The van der Waals surface area contributed by atoms with Gasteiger partial charge in [0.15, 0.2) is 0 Å². The molecule has 30 heavy (non-hydrogen) atoms. The highest BCUT2D eigenvalue weighted by atomic mass is 19.4. The van der Waals surface area contributed by atoms with E-state index in [1.54, 1.807) is 30.0 Å². The van der Waals surface area contributed by atoms with Crippen LogP contribution in [0.5, 0.6) is 5.75 Å². The van der Waals surface area contributed by atoms with E-state index in [1.807, 2.05) is 13.8 Å². The molecule has 0 aromatic heterocycles. The number of hydrogen-bond acceptors (Lipinski definition) is 4. The highest BCUT2D eigenvalue weighted by Crippen LogP contribution is 2.26. The number of alkyl halides is 3. The molecule has 0 heterocycles. The smallest absolute Gasteiger partial charge is 0.406 e. The number of nitrogens with zero attached hydrogens (tertiary/aromatic N) is 2. The van der Waals surface area contributed by atoms with Crippen molar-refractivity contribution in [1.29, 1.82) is 0 Å². The first-order valence-electron chi connectivity index (χ1n) is 9.40. The summed E-state index contributed by atoms with van der Waals surface area (Å²) in [5.41, 5.74) is 3.01. The fourth-order valence-corrected chi connectivity index (χ4v) is 2.89. The van der Waals surface area contributed by atoms with E-state index < -0.39 is 6.36 Å². The Labute approximate surface area is 173 Å². The molecule has 160 valence electrons. The van der Waals surface area contributed by atoms with Crippen molar-refractivity contribution in [3.8, 4) is 5.75 Å². The summed E-state index contributed by atoms with van der Waals surface area (Å²) < 4.78 is 40.7. The fourth-order valence-electron chi connectivity index (χ4n) is 2.89. The number of anilines is 1. The lowest BCUT2D eigenvalue weighted by atomic mass is 10.0. The van der Waals surface area contributed by atoms with E-state index in [0.717, 1.165) is 5.56 Å². The SMILES string of the molecule is C=CNc1cc(C(=O)N(CC)CC)ccc1C(C)=Nc1ccc(OC(F)(F)F)cc1. The van der Waals surface area contributed by atoms with Gasteiger partial charge in [0.1, 0.15) is 5.75 Å². The topological polar surface area (TPSA) is 53.9 Å². The van der Waals surface area contributed by atoms with Crippen LogP contribution in [0.2, 0.25) is 0 Å². The van der Waals surface area contributed by atoms with Crippen LogP contribution in [0.1, 0.15) is 36.7 Å². The first-order chi connectivity index (χ1) is 14.2. The summed E-state index contributed by atoms with van der Waals surface area (Å²) in [4.78, 5) is 18.8. The Balaban J connectivity index is 2.32. The van der Waals surface area contributed by atoms with Crippen molar-refractivity contribution in [2.45, 2.75) is 27.1 Å². The molecular formula is C22H24F3N3O2. The number of aliphatic imine (C=N–C) groups is 1. The number of hydrogen-bond donors (Lipinski definition) is 1. The first kappa shape index (κ1) is 23.0. The Bertz CT molecular complexity index is 918. The number of halogens is 3. The van der Waals surface area contributed by atoms with Crippen molar-refractivity contribution in [3.05, 3.63) is 66.4 Å². The van der Waals surface area contributed by atoms with Crippen LogP contribution in [0.25, 0.3) is 0 Å². The molecule has 0 atom stereocenters. The maximum absolute atomic E-state index is 12.6. The van der Waals surface area contributed by atoms with Gasteiger partial charge in [-0.25, -0.2) is 0 Å². The molecule has 0 bridgehead atoms. The molecule has 0 unspecified atom stereocenters. The molecule has 0 fully saturated rings. The van der Waals surface area contributed by atoms with Crippen molar-refractivity contribution in [2.75, 3.05) is 18.4 Å². The van der Waals surface area contributed by atoms with Crippen LogP contribution >= 0.6 is 0 Å². The minimum atomic E-state index is -4.74. The van der Waals surface area contributed by atoms with Crippen LogP contribution < -0.4 is 10.1 Å². The lowest BCUT2D eigenvalue weighted by molar-refractivity contribution is -0.274. The summed E-state index contributed by atoms with van der Waals surface area (Å²) in [6.07, 6.45) is -3.24. The average molecular weight is 419 g/mol. The maximum Gasteiger partial charge on any atom is 0.573 e. The Hall–Kier alpha value is -3.29. The molecule has 1 amide bonds. The molecule has 1 N–H and O–H groups in total. The highest BCUT2D eigenvalue weighted by Gasteiger charge is 2.30. The van der Waals surface area contributed by atoms with Gasteiger partial charge in [0.05, 0.1) is 5.69 Å². The first-order valence-corrected chi connectivity index (χ1v) is 9.40. The van der Waals surface area contributed by atoms with Gasteiger partial charge in [0.25, 0.3) is 5.91 Å². The molecule has 0 saturated carbocycles. The number of benzene rings is 2. The molecule has 0 aliphatic carbocycles. The van der Waals surface area contributed by atoms with E-state index in [-0.39, 0.29) is 11.7 Å². The third-order valence-corrected chi connectivity index (χ3v) is 4.33. The molecule has 5 nitrogen and oxygen atoms in total. The van der Waals surface area contributed by atoms with Crippen LogP contribution in [0.15, 0.2) is 60.2 Å². The van der Waals surface area contributed by atoms with Crippen molar-refractivity contribution < 1.29 is 22.7 Å². The molecule has 0 aliphatic heterocycles. The Morgan fingerprint density at radius 2 is 1.80 bits per heavy atom. The fraction of sp³-hybridized carbons (Fsp3) is 0.273. The van der Waals surface area contributed by atoms with Gasteiger partial charge in [-0.1, -0.05) is 12.6 Å². The van der Waals surface area contributed by atoms with Crippen molar-refractivity contribution in [3.63, 3.8) is 0 Å². The Morgan fingerprint density at radius 3 is 2.33 bits per heavy atom. The summed E-state index contributed by atoms with van der Waals surface area (Å²) in [6, 6.07) is 10.5. The number of rotatable bonds is 8. The molecule has 8 heteroatoms. The second-order valence-corrected chi connectivity index (χ2v) is 6.33. The second kappa shape index (κ2) is 9.96. The molecular weight excluding hydrogens is 395 g/mol. The summed E-state index contributed by atoms with van der Waals surface area (Å²) in [5, 5.41) is 3.02. The molecule has 2 rings (SSSR count). The van der Waals surface area contributed by atoms with Crippen LogP contribution in [-0.4, -0.2) is 36.0 Å². The minimum Gasteiger partial charge on any atom is -0.406 e. The standard InChI is InChI=1S/C22H24F3N3O2/c1-5-26-20-14-16(21(29)28(6-2)7-3)8-13-19(20)15(4)27-17-9-11-18(12-10-17)30-22(23,24)25/h5,8-14,26H,1,6-7H2,2-4H3. The zero-order valence-corrected chi connectivity index (χ0v) is 17.1. The lowest BCUT2D eigenvalue weighted by Gasteiger charge is -2.19. The van der Waals surface area contributed by atoms with Gasteiger partial charge in [0.2, 0.25) is 0 Å². The van der Waals surface area contributed by atoms with Gasteiger partial charge in [-0.3, -0.25) is 9.79 Å². The Kier molecular flexibility index (Phi) is 7.63. The molecule has 0 saturated heterocycles. The van der Waals surface area contributed by atoms with Gasteiger partial charge in [-0.05, 0) is 63.4 Å². The van der Waals surface area contributed by atoms with E-state index in [2.05, 4.69) is 21.6 Å². The van der Waals surface area contributed by atoms with Crippen molar-refractivity contribution in [1.82, 2.24) is 4.90 Å². The van der Waals surface area contributed by atoms with E-state index >= 15 is 0 Å². The van der Waals surface area contributed by atoms with E-state index in [0.29, 0.717) is 35.7 Å². The zero-order chi connectivity index (χ0) is 22.3. The van der Waals surface area contributed by atoms with Gasteiger partial charge in [-0.15, -0.1) is 13.2 Å². The van der Waals surface area contributed by atoms with E-state index in [1.165, 1.54) is 30.5 Å². The largest absolute Gasteiger partial charge is 0.573 e. The lowest BCUT2D eigenvalue weighted by Crippen LogP contribution is -2.30. The predicted octanol–water partition coefficient (Wildman–Crippen LogP) is 5.76. The molecule has 0 spiro atoms. The van der Waals surface area contributed by atoms with Crippen LogP contribution in [0.4, 0.5) is 24.5 Å². The van der Waals surface area contributed by atoms with Crippen LogP contribution in [0, 0.1) is 0 Å². The third-order valence-electron chi connectivity index (χ3n) is 4.33. The van der Waals surface area contributed by atoms with E-state index in [4.69, 9.17) is 0 Å². The van der Waals surface area contributed by atoms with Gasteiger partial charge >= 0.3 is 6.36 Å². The second-order valence-electron chi connectivity index (χ2n) is 6.33. The number of nitrogens with one attached hydrogen (secondary N) is 1. The quantitative estimate of drug-likeness (QED) is 0.553. The number of ether oxygens (including phenoxy) is 1. The van der Waals surface area contributed by atoms with Crippen molar-refractivity contribution >= 4 is 23.0 Å². The predicted molar refractivity (Wildman–Crippen MR) is 113 cm³/mol. The third kappa shape index (κ3) is 6.10. The molecule has 2 aromatic rings. The summed E-state index contributed by atoms with van der Waals surface area (Å²) in [7, 11) is 0. The maximum atomic E-state index is 12.6. The van der Waals surface area contributed by atoms with Crippen molar-refractivity contribution in [2.24, 2.45) is 4.99 Å².